The van der Waals surface area contributed by atoms with Crippen LogP contribution in [0.2, 0.25) is 0 Å². The summed E-state index contributed by atoms with van der Waals surface area (Å²) in [5.74, 6) is 0.876. The van der Waals surface area contributed by atoms with E-state index in [2.05, 4.69) is 11.9 Å². The number of benzene rings is 2. The molecule has 3 aliphatic rings. The minimum absolute atomic E-state index is 0.176. The first kappa shape index (κ1) is 26.3. The highest BCUT2D eigenvalue weighted by atomic mass is 19.1. The number of ether oxygens (including phenoxy) is 1. The molecule has 0 N–H and O–H groups in total. The van der Waals surface area contributed by atoms with Crippen LogP contribution in [0.4, 0.5) is 13.2 Å². The SMILES string of the molecule is CCCCCC1CC[C@@H]2C[C@H](c3cc(F)c(-c4ccc(C5=NC(C)(C)CO5)c(F)c4)c(F)c3)CC[C@@H]2C1. The molecule has 2 fully saturated rings. The number of rotatable bonds is 7. The van der Waals surface area contributed by atoms with E-state index in [9.17, 15) is 4.39 Å². The molecule has 0 aromatic heterocycles. The summed E-state index contributed by atoms with van der Waals surface area (Å²) in [6.45, 7) is 6.44. The number of hydrogen-bond donors (Lipinski definition) is 0. The molecule has 2 aromatic rings. The second kappa shape index (κ2) is 10.8. The van der Waals surface area contributed by atoms with Crippen LogP contribution in [-0.4, -0.2) is 18.0 Å². The van der Waals surface area contributed by atoms with Gasteiger partial charge in [0.1, 0.15) is 24.1 Å². The average molecular weight is 512 g/mol. The quantitative estimate of drug-likeness (QED) is 0.340. The molecule has 1 aliphatic heterocycles. The van der Waals surface area contributed by atoms with E-state index in [-0.39, 0.29) is 28.5 Å². The van der Waals surface area contributed by atoms with Crippen LogP contribution in [-0.2, 0) is 4.74 Å². The maximum Gasteiger partial charge on any atom is 0.219 e. The highest BCUT2D eigenvalue weighted by Gasteiger charge is 2.36. The van der Waals surface area contributed by atoms with Crippen LogP contribution < -0.4 is 0 Å². The monoisotopic (exact) mass is 511 g/mol. The molecule has 0 radical (unpaired) electrons. The van der Waals surface area contributed by atoms with Gasteiger partial charge in [-0.3, -0.25) is 0 Å². The summed E-state index contributed by atoms with van der Waals surface area (Å²) < 4.78 is 51.1. The van der Waals surface area contributed by atoms with E-state index in [1.165, 1.54) is 69.2 Å². The summed E-state index contributed by atoms with van der Waals surface area (Å²) >= 11 is 0. The fraction of sp³-hybridized carbons (Fsp3) is 0.594. The van der Waals surface area contributed by atoms with Gasteiger partial charge in [-0.2, -0.15) is 0 Å². The van der Waals surface area contributed by atoms with Gasteiger partial charge in [-0.25, -0.2) is 18.2 Å². The zero-order chi connectivity index (χ0) is 26.2. The second-order valence-corrected chi connectivity index (χ2v) is 12.3. The first-order valence-corrected chi connectivity index (χ1v) is 14.3. The van der Waals surface area contributed by atoms with Crippen LogP contribution in [0.3, 0.4) is 0 Å². The van der Waals surface area contributed by atoms with Gasteiger partial charge in [0, 0.05) is 0 Å². The van der Waals surface area contributed by atoms with Crippen molar-refractivity contribution in [2.24, 2.45) is 22.7 Å². The predicted octanol–water partition coefficient (Wildman–Crippen LogP) is 9.21. The minimum atomic E-state index is -0.625. The van der Waals surface area contributed by atoms with E-state index >= 15 is 8.78 Å². The maximum atomic E-state index is 15.3. The van der Waals surface area contributed by atoms with Crippen molar-refractivity contribution in [3.63, 3.8) is 0 Å². The highest BCUT2D eigenvalue weighted by molar-refractivity contribution is 5.96. The van der Waals surface area contributed by atoms with E-state index in [1.54, 1.807) is 6.07 Å². The summed E-state index contributed by atoms with van der Waals surface area (Å²) in [4.78, 5) is 4.41. The Morgan fingerprint density at radius 3 is 2.30 bits per heavy atom. The van der Waals surface area contributed by atoms with Gasteiger partial charge in [0.05, 0.1) is 16.7 Å². The largest absolute Gasteiger partial charge is 0.475 e. The number of unbranched alkanes of at least 4 members (excludes halogenated alkanes) is 2. The molecule has 0 bridgehead atoms. The van der Waals surface area contributed by atoms with E-state index in [1.807, 2.05) is 13.8 Å². The molecule has 0 spiro atoms. The molecule has 37 heavy (non-hydrogen) atoms. The molecule has 1 unspecified atom stereocenters. The van der Waals surface area contributed by atoms with E-state index in [0.717, 1.165) is 36.7 Å². The van der Waals surface area contributed by atoms with Gasteiger partial charge < -0.3 is 4.74 Å². The van der Waals surface area contributed by atoms with Crippen molar-refractivity contribution < 1.29 is 17.9 Å². The molecule has 0 amide bonds. The molecule has 2 aromatic carbocycles. The van der Waals surface area contributed by atoms with Crippen LogP contribution in [0.5, 0.6) is 0 Å². The van der Waals surface area contributed by atoms with Crippen LogP contribution in [0.1, 0.15) is 102 Å². The van der Waals surface area contributed by atoms with Crippen LogP contribution >= 0.6 is 0 Å². The Labute approximate surface area is 219 Å². The molecule has 1 heterocycles. The third kappa shape index (κ3) is 5.76. The molecule has 200 valence electrons. The zero-order valence-electron chi connectivity index (χ0n) is 22.5. The topological polar surface area (TPSA) is 21.6 Å². The lowest BCUT2D eigenvalue weighted by molar-refractivity contribution is 0.113. The smallest absolute Gasteiger partial charge is 0.219 e. The Morgan fingerprint density at radius 2 is 1.62 bits per heavy atom. The lowest BCUT2D eigenvalue weighted by Gasteiger charge is -2.42. The standard InChI is InChI=1S/C32H40F3NO/c1-4-5-6-7-20-8-9-22-15-23(11-10-21(22)14-20)25-17-28(34)30(29(35)18-25)24-12-13-26(27(33)16-24)31-36-32(2,3)19-37-31/h12-13,16-18,20-23H,4-11,14-15,19H2,1-3H3/t20?,21-,22-,23-/m1/s1. The summed E-state index contributed by atoms with van der Waals surface area (Å²) in [6.07, 6.45) is 12.4. The first-order chi connectivity index (χ1) is 17.7. The molecule has 2 aliphatic carbocycles. The molecular weight excluding hydrogens is 471 g/mol. The second-order valence-electron chi connectivity index (χ2n) is 12.3. The molecule has 2 nitrogen and oxygen atoms in total. The summed E-state index contributed by atoms with van der Waals surface area (Å²) in [6, 6.07) is 7.19. The lowest BCUT2D eigenvalue weighted by atomic mass is 9.63. The third-order valence-electron chi connectivity index (χ3n) is 8.93. The summed E-state index contributed by atoms with van der Waals surface area (Å²) in [7, 11) is 0. The van der Waals surface area contributed by atoms with Crippen molar-refractivity contribution in [3.8, 4) is 11.1 Å². The van der Waals surface area contributed by atoms with Gasteiger partial charge >= 0.3 is 0 Å². The number of halogens is 3. The normalized spacial score (nSPS) is 26.9. The van der Waals surface area contributed by atoms with Crippen molar-refractivity contribution in [3.05, 3.63) is 58.9 Å². The summed E-state index contributed by atoms with van der Waals surface area (Å²) in [5.41, 5.74) is 0.552. The summed E-state index contributed by atoms with van der Waals surface area (Å²) in [5, 5.41) is 0. The molecule has 5 heteroatoms. The number of hydrogen-bond acceptors (Lipinski definition) is 2. The molecule has 5 rings (SSSR count). The van der Waals surface area contributed by atoms with Gasteiger partial charge in [0.15, 0.2) is 0 Å². The Balaban J connectivity index is 1.29. The first-order valence-electron chi connectivity index (χ1n) is 14.3. The molecule has 4 atom stereocenters. The van der Waals surface area contributed by atoms with E-state index < -0.39 is 23.0 Å². The fourth-order valence-corrected chi connectivity index (χ4v) is 6.90. The molecule has 2 saturated carbocycles. The van der Waals surface area contributed by atoms with Gasteiger partial charge in [-0.15, -0.1) is 0 Å². The van der Waals surface area contributed by atoms with Crippen LogP contribution in [0.25, 0.3) is 11.1 Å². The Kier molecular flexibility index (Phi) is 7.70. The third-order valence-corrected chi connectivity index (χ3v) is 8.93. The number of nitrogens with zero attached hydrogens (tertiary/aromatic N) is 1. The lowest BCUT2D eigenvalue weighted by Crippen LogP contribution is -2.30. The molecule has 0 saturated heterocycles. The Bertz CT molecular complexity index is 1130. The van der Waals surface area contributed by atoms with Gasteiger partial charge in [0.25, 0.3) is 0 Å². The van der Waals surface area contributed by atoms with Crippen LogP contribution in [0, 0.1) is 35.2 Å². The van der Waals surface area contributed by atoms with Crippen molar-refractivity contribution in [2.75, 3.05) is 6.61 Å². The Morgan fingerprint density at radius 1 is 0.892 bits per heavy atom. The molecular formula is C32H40F3NO. The zero-order valence-corrected chi connectivity index (χ0v) is 22.5. The average Bonchev–Trinajstić information content (AvgIpc) is 3.22. The van der Waals surface area contributed by atoms with Gasteiger partial charge in [0.2, 0.25) is 5.90 Å². The minimum Gasteiger partial charge on any atom is -0.475 e. The predicted molar refractivity (Wildman–Crippen MR) is 143 cm³/mol. The van der Waals surface area contributed by atoms with E-state index in [0.29, 0.717) is 12.5 Å². The Hall–Kier alpha value is -2.30. The van der Waals surface area contributed by atoms with Gasteiger partial charge in [-0.1, -0.05) is 45.1 Å². The van der Waals surface area contributed by atoms with Gasteiger partial charge in [-0.05, 0) is 105 Å². The highest BCUT2D eigenvalue weighted by Crippen LogP contribution is 2.49. The number of fused-ring (bicyclic) bond motifs is 1. The van der Waals surface area contributed by atoms with Crippen molar-refractivity contribution in [1.29, 1.82) is 0 Å². The van der Waals surface area contributed by atoms with Crippen LogP contribution in [0.15, 0.2) is 35.3 Å². The van der Waals surface area contributed by atoms with Crippen molar-refractivity contribution in [1.82, 2.24) is 0 Å². The van der Waals surface area contributed by atoms with E-state index in [4.69, 9.17) is 4.74 Å². The van der Waals surface area contributed by atoms with Crippen molar-refractivity contribution in [2.45, 2.75) is 96.4 Å². The fourth-order valence-electron chi connectivity index (χ4n) is 6.90. The maximum absolute atomic E-state index is 15.3. The number of aliphatic imine (C=N–C) groups is 1. The van der Waals surface area contributed by atoms with Crippen molar-refractivity contribution >= 4 is 5.90 Å².